The van der Waals surface area contributed by atoms with E-state index in [0.29, 0.717) is 0 Å². The van der Waals surface area contributed by atoms with Crippen LogP contribution in [0, 0.1) is 18.3 Å². The van der Waals surface area contributed by atoms with E-state index in [4.69, 9.17) is 6.42 Å². The summed E-state index contributed by atoms with van der Waals surface area (Å²) in [5.74, 6) is 3.61. The van der Waals surface area contributed by atoms with Crippen molar-refractivity contribution in [3.63, 3.8) is 0 Å². The van der Waals surface area contributed by atoms with E-state index in [0.717, 1.165) is 19.0 Å². The van der Waals surface area contributed by atoms with Gasteiger partial charge in [-0.05, 0) is 25.3 Å². The van der Waals surface area contributed by atoms with Gasteiger partial charge in [-0.3, -0.25) is 0 Å². The van der Waals surface area contributed by atoms with Crippen molar-refractivity contribution in [3.8, 4) is 12.3 Å². The standard InChI is InChI=1S/C11H19N/c1-2-9-12-10-5-8-11-6-3-4-7-11/h1,11-12H,3-10H2. The summed E-state index contributed by atoms with van der Waals surface area (Å²) in [5.41, 5.74) is 0. The largest absolute Gasteiger partial charge is 0.306 e. The van der Waals surface area contributed by atoms with Crippen LogP contribution in [0.1, 0.15) is 38.5 Å². The summed E-state index contributed by atoms with van der Waals surface area (Å²) in [6.45, 7) is 1.82. The Hall–Kier alpha value is -0.480. The Morgan fingerprint density at radius 1 is 1.33 bits per heavy atom. The topological polar surface area (TPSA) is 12.0 Å². The monoisotopic (exact) mass is 165 g/mol. The van der Waals surface area contributed by atoms with Crippen molar-refractivity contribution in [2.45, 2.75) is 38.5 Å². The van der Waals surface area contributed by atoms with Crippen LogP contribution in [0.15, 0.2) is 0 Å². The van der Waals surface area contributed by atoms with Gasteiger partial charge in [-0.2, -0.15) is 0 Å². The normalized spacial score (nSPS) is 17.9. The molecule has 1 fully saturated rings. The van der Waals surface area contributed by atoms with Crippen LogP contribution in [0.25, 0.3) is 0 Å². The molecule has 0 atom stereocenters. The Bertz CT molecular complexity index is 140. The van der Waals surface area contributed by atoms with Crippen LogP contribution in [0.3, 0.4) is 0 Å². The van der Waals surface area contributed by atoms with Gasteiger partial charge in [0.25, 0.3) is 0 Å². The zero-order valence-electron chi connectivity index (χ0n) is 7.81. The minimum Gasteiger partial charge on any atom is -0.306 e. The fourth-order valence-electron chi connectivity index (χ4n) is 1.98. The molecule has 0 aliphatic heterocycles. The first-order chi connectivity index (χ1) is 5.93. The summed E-state index contributed by atoms with van der Waals surface area (Å²) in [7, 11) is 0. The molecule has 68 valence electrons. The first-order valence-corrected chi connectivity index (χ1v) is 5.07. The molecule has 0 spiro atoms. The highest BCUT2D eigenvalue weighted by Gasteiger charge is 2.13. The molecule has 1 aliphatic carbocycles. The molecule has 0 aromatic heterocycles. The van der Waals surface area contributed by atoms with Crippen LogP contribution in [-0.2, 0) is 0 Å². The molecule has 1 heteroatoms. The van der Waals surface area contributed by atoms with E-state index >= 15 is 0 Å². The van der Waals surface area contributed by atoms with Gasteiger partial charge in [-0.1, -0.05) is 31.6 Å². The zero-order valence-corrected chi connectivity index (χ0v) is 7.81. The lowest BCUT2D eigenvalue weighted by Gasteiger charge is -2.07. The van der Waals surface area contributed by atoms with Crippen molar-refractivity contribution in [1.82, 2.24) is 5.32 Å². The molecule has 0 amide bonds. The van der Waals surface area contributed by atoms with Crippen LogP contribution < -0.4 is 5.32 Å². The average Bonchev–Trinajstić information content (AvgIpc) is 2.57. The lowest BCUT2D eigenvalue weighted by atomic mass is 10.0. The van der Waals surface area contributed by atoms with Crippen LogP contribution in [0.2, 0.25) is 0 Å². The summed E-state index contributed by atoms with van der Waals surface area (Å²) in [6, 6.07) is 0. The second-order valence-corrected chi connectivity index (χ2v) is 3.67. The van der Waals surface area contributed by atoms with E-state index in [1.807, 2.05) is 0 Å². The maximum absolute atomic E-state index is 5.12. The van der Waals surface area contributed by atoms with Crippen molar-refractivity contribution in [3.05, 3.63) is 0 Å². The van der Waals surface area contributed by atoms with Gasteiger partial charge in [0.1, 0.15) is 0 Å². The van der Waals surface area contributed by atoms with E-state index in [2.05, 4.69) is 11.2 Å². The Kier molecular flexibility index (Phi) is 4.87. The highest BCUT2D eigenvalue weighted by atomic mass is 14.8. The molecule has 1 N–H and O–H groups in total. The third-order valence-corrected chi connectivity index (χ3v) is 2.67. The first kappa shape index (κ1) is 9.61. The summed E-state index contributed by atoms with van der Waals surface area (Å²) in [6.07, 6.45) is 13.7. The minimum absolute atomic E-state index is 0.727. The quantitative estimate of drug-likeness (QED) is 0.486. The van der Waals surface area contributed by atoms with Crippen molar-refractivity contribution in [2.24, 2.45) is 5.92 Å². The molecular formula is C11H19N. The Morgan fingerprint density at radius 2 is 2.08 bits per heavy atom. The van der Waals surface area contributed by atoms with E-state index in [-0.39, 0.29) is 0 Å². The van der Waals surface area contributed by atoms with Crippen LogP contribution >= 0.6 is 0 Å². The molecular weight excluding hydrogens is 146 g/mol. The van der Waals surface area contributed by atoms with E-state index in [9.17, 15) is 0 Å². The summed E-state index contributed by atoms with van der Waals surface area (Å²) in [5, 5.41) is 3.22. The molecule has 1 saturated carbocycles. The minimum atomic E-state index is 0.727. The SMILES string of the molecule is C#CCNCCCC1CCCC1. The Balaban J connectivity index is 1.85. The third-order valence-electron chi connectivity index (χ3n) is 2.67. The molecule has 1 aliphatic rings. The van der Waals surface area contributed by atoms with Crippen LogP contribution in [0.4, 0.5) is 0 Å². The molecule has 0 saturated heterocycles. The number of rotatable bonds is 5. The third kappa shape index (κ3) is 3.78. The van der Waals surface area contributed by atoms with Crippen molar-refractivity contribution < 1.29 is 0 Å². The van der Waals surface area contributed by atoms with Gasteiger partial charge in [0, 0.05) is 0 Å². The molecule has 0 aromatic carbocycles. The van der Waals surface area contributed by atoms with Gasteiger partial charge < -0.3 is 5.32 Å². The van der Waals surface area contributed by atoms with Gasteiger partial charge in [-0.25, -0.2) is 0 Å². The number of nitrogens with one attached hydrogen (secondary N) is 1. The fraction of sp³-hybridized carbons (Fsp3) is 0.818. The molecule has 0 aromatic rings. The van der Waals surface area contributed by atoms with Gasteiger partial charge in [-0.15, -0.1) is 6.42 Å². The molecule has 1 nitrogen and oxygen atoms in total. The van der Waals surface area contributed by atoms with Gasteiger partial charge >= 0.3 is 0 Å². The summed E-state index contributed by atoms with van der Waals surface area (Å²) < 4.78 is 0. The van der Waals surface area contributed by atoms with E-state index < -0.39 is 0 Å². The second-order valence-electron chi connectivity index (χ2n) is 3.67. The highest BCUT2D eigenvalue weighted by molar-refractivity contribution is 4.86. The maximum atomic E-state index is 5.12. The fourth-order valence-corrected chi connectivity index (χ4v) is 1.98. The molecule has 1 rings (SSSR count). The first-order valence-electron chi connectivity index (χ1n) is 5.07. The lowest BCUT2D eigenvalue weighted by Crippen LogP contribution is -2.15. The Labute approximate surface area is 75.9 Å². The van der Waals surface area contributed by atoms with Gasteiger partial charge in [0.15, 0.2) is 0 Å². The molecule has 0 radical (unpaired) electrons. The number of hydrogen-bond acceptors (Lipinski definition) is 1. The predicted molar refractivity (Wildman–Crippen MR) is 52.9 cm³/mol. The lowest BCUT2D eigenvalue weighted by molar-refractivity contribution is 0.475. The second kappa shape index (κ2) is 6.08. The number of hydrogen-bond donors (Lipinski definition) is 1. The highest BCUT2D eigenvalue weighted by Crippen LogP contribution is 2.28. The maximum Gasteiger partial charge on any atom is 0.0573 e. The van der Waals surface area contributed by atoms with Gasteiger partial charge in [0.05, 0.1) is 6.54 Å². The molecule has 0 bridgehead atoms. The van der Waals surface area contributed by atoms with E-state index in [1.165, 1.54) is 38.5 Å². The summed E-state index contributed by atoms with van der Waals surface area (Å²) >= 11 is 0. The van der Waals surface area contributed by atoms with Crippen molar-refractivity contribution >= 4 is 0 Å². The van der Waals surface area contributed by atoms with Crippen molar-refractivity contribution in [2.75, 3.05) is 13.1 Å². The zero-order chi connectivity index (χ0) is 8.65. The molecule has 0 unspecified atom stereocenters. The molecule has 12 heavy (non-hydrogen) atoms. The van der Waals surface area contributed by atoms with Crippen LogP contribution in [-0.4, -0.2) is 13.1 Å². The molecule has 0 heterocycles. The Morgan fingerprint density at radius 3 is 2.75 bits per heavy atom. The van der Waals surface area contributed by atoms with Crippen LogP contribution in [0.5, 0.6) is 0 Å². The number of terminal acetylenes is 1. The van der Waals surface area contributed by atoms with Gasteiger partial charge in [0.2, 0.25) is 0 Å². The predicted octanol–water partition coefficient (Wildman–Crippen LogP) is 2.18. The average molecular weight is 165 g/mol. The van der Waals surface area contributed by atoms with Crippen molar-refractivity contribution in [1.29, 1.82) is 0 Å². The van der Waals surface area contributed by atoms with E-state index in [1.54, 1.807) is 0 Å². The smallest absolute Gasteiger partial charge is 0.0573 e. The summed E-state index contributed by atoms with van der Waals surface area (Å²) in [4.78, 5) is 0.